The molecule has 0 saturated carbocycles. The van der Waals surface area contributed by atoms with Gasteiger partial charge in [0.05, 0.1) is 0 Å². The molecule has 0 aliphatic heterocycles. The molecule has 0 heterocycles. The smallest absolute Gasteiger partial charge is 0.218 e. The Kier molecular flexibility index (Phi) is 4.79. The number of primary amides is 1. The number of amides is 1. The van der Waals surface area contributed by atoms with E-state index in [4.69, 9.17) is 5.73 Å². The first kappa shape index (κ1) is 12.5. The minimum absolute atomic E-state index is 0.194. The van der Waals surface area contributed by atoms with Crippen LogP contribution in [0.3, 0.4) is 0 Å². The highest BCUT2D eigenvalue weighted by Gasteiger charge is 2.08. The number of benzene rings is 1. The van der Waals surface area contributed by atoms with Crippen molar-refractivity contribution >= 4 is 5.91 Å². The number of rotatable bonds is 6. The molecule has 16 heavy (non-hydrogen) atoms. The molecule has 4 heteroatoms. The average molecular weight is 222 g/mol. The van der Waals surface area contributed by atoms with Gasteiger partial charge >= 0.3 is 0 Å². The van der Waals surface area contributed by atoms with Crippen LogP contribution in [0.4, 0.5) is 0 Å². The number of phenols is 1. The lowest BCUT2D eigenvalue weighted by Gasteiger charge is -2.16. The van der Waals surface area contributed by atoms with Crippen LogP contribution in [0.25, 0.3) is 0 Å². The van der Waals surface area contributed by atoms with E-state index in [2.05, 4.69) is 12.2 Å². The van der Waals surface area contributed by atoms with Crippen molar-refractivity contribution in [1.82, 2.24) is 5.32 Å². The van der Waals surface area contributed by atoms with Crippen molar-refractivity contribution in [3.8, 4) is 5.75 Å². The lowest BCUT2D eigenvalue weighted by molar-refractivity contribution is -0.117. The Hall–Kier alpha value is -1.55. The Bertz CT molecular complexity index is 335. The van der Waals surface area contributed by atoms with Gasteiger partial charge < -0.3 is 16.2 Å². The van der Waals surface area contributed by atoms with Gasteiger partial charge in [0.15, 0.2) is 0 Å². The standard InChI is InChI=1S/C12H18N2O2/c1-2-11(14-8-7-12(13)16)9-3-5-10(15)6-4-9/h3-6,11,14-15H,2,7-8H2,1H3,(H2,13,16). The van der Waals surface area contributed by atoms with Crippen LogP contribution < -0.4 is 11.1 Å². The van der Waals surface area contributed by atoms with E-state index < -0.39 is 0 Å². The van der Waals surface area contributed by atoms with Crippen LogP contribution in [0.1, 0.15) is 31.4 Å². The minimum Gasteiger partial charge on any atom is -0.508 e. The first-order valence-electron chi connectivity index (χ1n) is 5.44. The molecule has 4 nitrogen and oxygen atoms in total. The maximum atomic E-state index is 10.6. The molecule has 0 radical (unpaired) electrons. The third kappa shape index (κ3) is 3.90. The Morgan fingerprint density at radius 2 is 2.06 bits per heavy atom. The van der Waals surface area contributed by atoms with Crippen LogP contribution in [0.5, 0.6) is 5.75 Å². The van der Waals surface area contributed by atoms with Gasteiger partial charge in [0, 0.05) is 19.0 Å². The molecule has 88 valence electrons. The fraction of sp³-hybridized carbons (Fsp3) is 0.417. The van der Waals surface area contributed by atoms with E-state index in [0.29, 0.717) is 13.0 Å². The van der Waals surface area contributed by atoms with E-state index in [1.54, 1.807) is 12.1 Å². The highest BCUT2D eigenvalue weighted by Crippen LogP contribution is 2.19. The highest BCUT2D eigenvalue weighted by molar-refractivity contribution is 5.73. The zero-order chi connectivity index (χ0) is 12.0. The zero-order valence-electron chi connectivity index (χ0n) is 9.44. The molecule has 0 spiro atoms. The van der Waals surface area contributed by atoms with Crippen molar-refractivity contribution in [2.45, 2.75) is 25.8 Å². The van der Waals surface area contributed by atoms with Gasteiger partial charge in [-0.1, -0.05) is 19.1 Å². The van der Waals surface area contributed by atoms with Crippen molar-refractivity contribution < 1.29 is 9.90 Å². The van der Waals surface area contributed by atoms with Crippen LogP contribution >= 0.6 is 0 Å². The Balaban J connectivity index is 2.53. The fourth-order valence-corrected chi connectivity index (χ4v) is 1.57. The van der Waals surface area contributed by atoms with E-state index >= 15 is 0 Å². The van der Waals surface area contributed by atoms with Crippen molar-refractivity contribution in [3.63, 3.8) is 0 Å². The van der Waals surface area contributed by atoms with Crippen LogP contribution in [0, 0.1) is 0 Å². The maximum Gasteiger partial charge on any atom is 0.218 e. The molecule has 1 amide bonds. The van der Waals surface area contributed by atoms with Gasteiger partial charge in [0.25, 0.3) is 0 Å². The molecule has 0 aliphatic carbocycles. The van der Waals surface area contributed by atoms with Gasteiger partial charge in [-0.2, -0.15) is 0 Å². The molecule has 1 aromatic carbocycles. The van der Waals surface area contributed by atoms with Crippen molar-refractivity contribution in [3.05, 3.63) is 29.8 Å². The number of hydrogen-bond donors (Lipinski definition) is 3. The molecule has 1 unspecified atom stereocenters. The summed E-state index contributed by atoms with van der Waals surface area (Å²) < 4.78 is 0. The summed E-state index contributed by atoms with van der Waals surface area (Å²) in [5.41, 5.74) is 6.17. The number of nitrogens with one attached hydrogen (secondary N) is 1. The minimum atomic E-state index is -0.298. The molecule has 1 atom stereocenters. The van der Waals surface area contributed by atoms with Crippen molar-refractivity contribution in [2.75, 3.05) is 6.54 Å². The second-order valence-corrected chi connectivity index (χ2v) is 3.72. The summed E-state index contributed by atoms with van der Waals surface area (Å²) in [7, 11) is 0. The number of phenolic OH excluding ortho intramolecular Hbond substituents is 1. The number of hydrogen-bond acceptors (Lipinski definition) is 3. The summed E-state index contributed by atoms with van der Waals surface area (Å²) in [4.78, 5) is 10.6. The van der Waals surface area contributed by atoms with E-state index in [9.17, 15) is 9.90 Å². The topological polar surface area (TPSA) is 75.3 Å². The Labute approximate surface area is 95.5 Å². The number of aromatic hydroxyl groups is 1. The third-order valence-corrected chi connectivity index (χ3v) is 2.47. The molecule has 0 bridgehead atoms. The SMILES string of the molecule is CCC(NCCC(N)=O)c1ccc(O)cc1. The zero-order valence-corrected chi connectivity index (χ0v) is 9.44. The van der Waals surface area contributed by atoms with Gasteiger partial charge in [-0.3, -0.25) is 4.79 Å². The van der Waals surface area contributed by atoms with Crippen LogP contribution in [-0.4, -0.2) is 17.6 Å². The third-order valence-electron chi connectivity index (χ3n) is 2.47. The van der Waals surface area contributed by atoms with E-state index in [0.717, 1.165) is 12.0 Å². The molecule has 0 aromatic heterocycles. The van der Waals surface area contributed by atoms with Crippen LogP contribution in [0.15, 0.2) is 24.3 Å². The normalized spacial score (nSPS) is 12.3. The summed E-state index contributed by atoms with van der Waals surface area (Å²) in [5.74, 6) is -0.0381. The molecule has 0 saturated heterocycles. The second-order valence-electron chi connectivity index (χ2n) is 3.72. The quantitative estimate of drug-likeness (QED) is 0.679. The number of carbonyl (C=O) groups is 1. The second kappa shape index (κ2) is 6.12. The van der Waals surface area contributed by atoms with Gasteiger partial charge in [-0.15, -0.1) is 0 Å². The van der Waals surface area contributed by atoms with Crippen molar-refractivity contribution in [1.29, 1.82) is 0 Å². The van der Waals surface area contributed by atoms with Crippen LogP contribution in [-0.2, 0) is 4.79 Å². The average Bonchev–Trinajstić information content (AvgIpc) is 2.26. The molecule has 0 fully saturated rings. The van der Waals surface area contributed by atoms with E-state index in [-0.39, 0.29) is 17.7 Å². The summed E-state index contributed by atoms with van der Waals surface area (Å²) in [6.07, 6.45) is 1.26. The predicted octanol–water partition coefficient (Wildman–Crippen LogP) is 1.31. The van der Waals surface area contributed by atoms with Crippen molar-refractivity contribution in [2.24, 2.45) is 5.73 Å². The predicted molar refractivity (Wildman–Crippen MR) is 63.0 cm³/mol. The van der Waals surface area contributed by atoms with Gasteiger partial charge in [0.1, 0.15) is 5.75 Å². The highest BCUT2D eigenvalue weighted by atomic mass is 16.3. The molecule has 1 aromatic rings. The van der Waals surface area contributed by atoms with Crippen LogP contribution in [0.2, 0.25) is 0 Å². The molecule has 0 aliphatic rings. The number of nitrogens with two attached hydrogens (primary N) is 1. The lowest BCUT2D eigenvalue weighted by atomic mass is 10.0. The summed E-state index contributed by atoms with van der Waals surface area (Å²) in [6.45, 7) is 2.64. The first-order chi connectivity index (χ1) is 7.63. The van der Waals surface area contributed by atoms with E-state index in [1.807, 2.05) is 12.1 Å². The Morgan fingerprint density at radius 1 is 1.44 bits per heavy atom. The monoisotopic (exact) mass is 222 g/mol. The summed E-state index contributed by atoms with van der Waals surface area (Å²) in [6, 6.07) is 7.27. The first-order valence-corrected chi connectivity index (χ1v) is 5.44. The molecule has 4 N–H and O–H groups in total. The molecular weight excluding hydrogens is 204 g/mol. The van der Waals surface area contributed by atoms with Gasteiger partial charge in [-0.05, 0) is 24.1 Å². The largest absolute Gasteiger partial charge is 0.508 e. The maximum absolute atomic E-state index is 10.6. The Morgan fingerprint density at radius 3 is 2.56 bits per heavy atom. The summed E-state index contributed by atoms with van der Waals surface area (Å²) >= 11 is 0. The number of carbonyl (C=O) groups excluding carboxylic acids is 1. The fourth-order valence-electron chi connectivity index (χ4n) is 1.57. The van der Waals surface area contributed by atoms with Gasteiger partial charge in [-0.25, -0.2) is 0 Å². The summed E-state index contributed by atoms with van der Waals surface area (Å²) in [5, 5.41) is 12.4. The lowest BCUT2D eigenvalue weighted by Crippen LogP contribution is -2.25. The molecule has 1 rings (SSSR count). The molecular formula is C12H18N2O2. The van der Waals surface area contributed by atoms with E-state index in [1.165, 1.54) is 0 Å². The van der Waals surface area contributed by atoms with Gasteiger partial charge in [0.2, 0.25) is 5.91 Å².